The Bertz CT molecular complexity index is 1250. The lowest BCUT2D eigenvalue weighted by Crippen LogP contribution is -2.32. The SMILES string of the molecule is COc1ccc2cc([C@@H]3C[C@H](Oc4ccc(C)cc4)[C@@H](COc4ccc(C)cc4)O3)ccc2c1. The van der Waals surface area contributed by atoms with Gasteiger partial charge in [0.25, 0.3) is 0 Å². The van der Waals surface area contributed by atoms with Gasteiger partial charge in [0.2, 0.25) is 0 Å². The van der Waals surface area contributed by atoms with Crippen molar-refractivity contribution in [2.24, 2.45) is 0 Å². The van der Waals surface area contributed by atoms with E-state index in [4.69, 9.17) is 18.9 Å². The number of ether oxygens (including phenoxy) is 4. The van der Waals surface area contributed by atoms with Gasteiger partial charge in [-0.1, -0.05) is 53.6 Å². The Labute approximate surface area is 201 Å². The summed E-state index contributed by atoms with van der Waals surface area (Å²) in [7, 11) is 1.69. The number of hydrogen-bond donors (Lipinski definition) is 0. The molecule has 0 bridgehead atoms. The molecule has 4 aromatic carbocycles. The van der Waals surface area contributed by atoms with E-state index in [1.165, 1.54) is 11.1 Å². The van der Waals surface area contributed by atoms with Gasteiger partial charge in [-0.2, -0.15) is 0 Å². The van der Waals surface area contributed by atoms with E-state index in [1.807, 2.05) is 30.3 Å². The Balaban J connectivity index is 1.36. The zero-order chi connectivity index (χ0) is 23.5. The largest absolute Gasteiger partial charge is 0.497 e. The van der Waals surface area contributed by atoms with Crippen molar-refractivity contribution in [2.75, 3.05) is 13.7 Å². The van der Waals surface area contributed by atoms with Gasteiger partial charge in [0.15, 0.2) is 0 Å². The Morgan fingerprint density at radius 1 is 0.735 bits per heavy atom. The molecule has 1 fully saturated rings. The van der Waals surface area contributed by atoms with E-state index in [2.05, 4.69) is 68.4 Å². The summed E-state index contributed by atoms with van der Waals surface area (Å²) in [6.07, 6.45) is 0.412. The smallest absolute Gasteiger partial charge is 0.131 e. The van der Waals surface area contributed by atoms with Gasteiger partial charge in [-0.05, 0) is 72.6 Å². The second-order valence-electron chi connectivity index (χ2n) is 8.96. The van der Waals surface area contributed by atoms with E-state index < -0.39 is 0 Å². The molecule has 4 aromatic rings. The van der Waals surface area contributed by atoms with Gasteiger partial charge in [-0.3, -0.25) is 0 Å². The highest BCUT2D eigenvalue weighted by atomic mass is 16.6. The molecule has 1 saturated heterocycles. The van der Waals surface area contributed by atoms with Gasteiger partial charge in [0.05, 0.1) is 13.2 Å². The summed E-state index contributed by atoms with van der Waals surface area (Å²) in [5, 5.41) is 2.31. The molecule has 34 heavy (non-hydrogen) atoms. The minimum absolute atomic E-state index is 0.0615. The van der Waals surface area contributed by atoms with Crippen LogP contribution in [0.2, 0.25) is 0 Å². The van der Waals surface area contributed by atoms with Crippen LogP contribution in [-0.4, -0.2) is 25.9 Å². The zero-order valence-corrected chi connectivity index (χ0v) is 19.9. The monoisotopic (exact) mass is 454 g/mol. The number of rotatable bonds is 7. The molecule has 0 radical (unpaired) electrons. The van der Waals surface area contributed by atoms with Crippen molar-refractivity contribution in [1.29, 1.82) is 0 Å². The lowest BCUT2D eigenvalue weighted by molar-refractivity contribution is -0.0107. The van der Waals surface area contributed by atoms with Crippen LogP contribution < -0.4 is 14.2 Å². The highest BCUT2D eigenvalue weighted by Gasteiger charge is 2.38. The van der Waals surface area contributed by atoms with Crippen molar-refractivity contribution in [3.05, 3.63) is 102 Å². The van der Waals surface area contributed by atoms with Crippen molar-refractivity contribution in [3.8, 4) is 17.2 Å². The maximum absolute atomic E-state index is 6.52. The number of methoxy groups -OCH3 is 1. The summed E-state index contributed by atoms with van der Waals surface area (Å²) < 4.78 is 24.4. The Hall–Kier alpha value is -3.50. The molecule has 3 atom stereocenters. The number of benzene rings is 4. The summed E-state index contributed by atoms with van der Waals surface area (Å²) in [6, 6.07) is 28.9. The van der Waals surface area contributed by atoms with Crippen molar-refractivity contribution < 1.29 is 18.9 Å². The zero-order valence-electron chi connectivity index (χ0n) is 19.9. The van der Waals surface area contributed by atoms with Crippen LogP contribution >= 0.6 is 0 Å². The van der Waals surface area contributed by atoms with Gasteiger partial charge < -0.3 is 18.9 Å². The molecule has 5 rings (SSSR count). The Morgan fingerprint density at radius 2 is 1.35 bits per heavy atom. The lowest BCUT2D eigenvalue weighted by Gasteiger charge is -2.20. The second kappa shape index (κ2) is 9.78. The first kappa shape index (κ1) is 22.3. The molecule has 1 aliphatic heterocycles. The van der Waals surface area contributed by atoms with Crippen LogP contribution in [0.1, 0.15) is 29.2 Å². The van der Waals surface area contributed by atoms with Crippen LogP contribution in [0.5, 0.6) is 17.2 Å². The van der Waals surface area contributed by atoms with E-state index in [0.29, 0.717) is 6.61 Å². The molecule has 0 saturated carbocycles. The topological polar surface area (TPSA) is 36.9 Å². The molecular weight excluding hydrogens is 424 g/mol. The molecule has 174 valence electrons. The standard InChI is InChI=1S/C30H30O4/c1-20-4-11-25(12-5-20)32-19-30-29(33-26-13-6-21(2)7-14-26)18-28(34-30)24-9-8-23-17-27(31-3)15-10-22(23)16-24/h4-17,28-30H,18-19H2,1-3H3/t28-,29-,30+/m0/s1. The third-order valence-corrected chi connectivity index (χ3v) is 6.39. The fourth-order valence-electron chi connectivity index (χ4n) is 4.38. The third kappa shape index (κ3) is 5.02. The van der Waals surface area contributed by atoms with Crippen molar-refractivity contribution >= 4 is 10.8 Å². The molecule has 0 unspecified atom stereocenters. The molecule has 0 N–H and O–H groups in total. The Morgan fingerprint density at radius 3 is 2.06 bits per heavy atom. The maximum Gasteiger partial charge on any atom is 0.131 e. The fourth-order valence-corrected chi connectivity index (χ4v) is 4.38. The number of aryl methyl sites for hydroxylation is 2. The van der Waals surface area contributed by atoms with Crippen LogP contribution in [0.15, 0.2) is 84.9 Å². The van der Waals surface area contributed by atoms with Gasteiger partial charge in [0, 0.05) is 6.42 Å². The predicted molar refractivity (Wildman–Crippen MR) is 135 cm³/mol. The molecule has 1 aliphatic rings. The van der Waals surface area contributed by atoms with E-state index in [9.17, 15) is 0 Å². The van der Waals surface area contributed by atoms with Gasteiger partial charge in [-0.15, -0.1) is 0 Å². The predicted octanol–water partition coefficient (Wildman–Crippen LogP) is 6.82. The van der Waals surface area contributed by atoms with Gasteiger partial charge in [-0.25, -0.2) is 0 Å². The summed E-state index contributed by atoms with van der Waals surface area (Å²) >= 11 is 0. The van der Waals surface area contributed by atoms with E-state index in [1.54, 1.807) is 7.11 Å². The van der Waals surface area contributed by atoms with E-state index in [0.717, 1.165) is 40.0 Å². The van der Waals surface area contributed by atoms with Gasteiger partial charge >= 0.3 is 0 Å². The van der Waals surface area contributed by atoms with Crippen molar-refractivity contribution in [2.45, 2.75) is 38.6 Å². The fraction of sp³-hybridized carbons (Fsp3) is 0.267. The van der Waals surface area contributed by atoms with Crippen LogP contribution in [0.4, 0.5) is 0 Å². The average molecular weight is 455 g/mol. The van der Waals surface area contributed by atoms with Gasteiger partial charge in [0.1, 0.15) is 36.1 Å². The quantitative estimate of drug-likeness (QED) is 0.307. The first-order chi connectivity index (χ1) is 16.6. The Kier molecular flexibility index (Phi) is 6.41. The molecule has 0 spiro atoms. The van der Waals surface area contributed by atoms with Crippen LogP contribution in [0.25, 0.3) is 10.8 Å². The third-order valence-electron chi connectivity index (χ3n) is 6.39. The van der Waals surface area contributed by atoms with Crippen LogP contribution in [0.3, 0.4) is 0 Å². The second-order valence-corrected chi connectivity index (χ2v) is 8.96. The minimum Gasteiger partial charge on any atom is -0.497 e. The average Bonchev–Trinajstić information content (AvgIpc) is 3.27. The normalized spacial score (nSPS) is 19.8. The molecule has 0 aliphatic carbocycles. The highest BCUT2D eigenvalue weighted by Crippen LogP contribution is 2.37. The highest BCUT2D eigenvalue weighted by molar-refractivity contribution is 5.84. The minimum atomic E-state index is -0.181. The summed E-state index contributed by atoms with van der Waals surface area (Å²) in [6.45, 7) is 4.58. The maximum atomic E-state index is 6.52. The van der Waals surface area contributed by atoms with Crippen LogP contribution in [-0.2, 0) is 4.74 Å². The molecule has 0 amide bonds. The first-order valence-corrected chi connectivity index (χ1v) is 11.7. The van der Waals surface area contributed by atoms with E-state index >= 15 is 0 Å². The lowest BCUT2D eigenvalue weighted by atomic mass is 10.0. The van der Waals surface area contributed by atoms with Crippen LogP contribution in [0, 0.1) is 13.8 Å². The number of fused-ring (bicyclic) bond motifs is 1. The molecule has 4 heteroatoms. The van der Waals surface area contributed by atoms with Crippen molar-refractivity contribution in [1.82, 2.24) is 0 Å². The first-order valence-electron chi connectivity index (χ1n) is 11.7. The molecule has 0 aromatic heterocycles. The number of hydrogen-bond acceptors (Lipinski definition) is 4. The summed E-state index contributed by atoms with van der Waals surface area (Å²) in [4.78, 5) is 0. The molecule has 4 nitrogen and oxygen atoms in total. The summed E-state index contributed by atoms with van der Waals surface area (Å²) in [5.74, 6) is 2.55. The molecule has 1 heterocycles. The van der Waals surface area contributed by atoms with E-state index in [-0.39, 0.29) is 18.3 Å². The summed E-state index contributed by atoms with van der Waals surface area (Å²) in [5.41, 5.74) is 3.56. The van der Waals surface area contributed by atoms with Crippen molar-refractivity contribution in [3.63, 3.8) is 0 Å². The molecular formula is C30H30O4.